The van der Waals surface area contributed by atoms with Crippen molar-refractivity contribution in [3.63, 3.8) is 0 Å². The number of halogens is 3. The largest absolute Gasteiger partial charge is 0.337 e. The fraction of sp³-hybridized carbons (Fsp3) is 0.333. The predicted molar refractivity (Wildman–Crippen MR) is 130 cm³/mol. The molecule has 1 aromatic carbocycles. The van der Waals surface area contributed by atoms with E-state index in [4.69, 9.17) is 0 Å². The number of ketones is 1. The zero-order valence-corrected chi connectivity index (χ0v) is 21.3. The zero-order chi connectivity index (χ0) is 23.5. The average Bonchev–Trinajstić information content (AvgIpc) is 3.23. The average molecular weight is 641 g/mol. The van der Waals surface area contributed by atoms with Crippen LogP contribution >= 0.6 is 38.8 Å². The van der Waals surface area contributed by atoms with E-state index in [1.807, 2.05) is 0 Å². The predicted octanol–water partition coefficient (Wildman–Crippen LogP) is 3.27. The monoisotopic (exact) mass is 640 g/mol. The number of likely N-dealkylation sites (tertiary alicyclic amines) is 1. The van der Waals surface area contributed by atoms with E-state index in [0.29, 0.717) is 31.6 Å². The van der Waals surface area contributed by atoms with Crippen LogP contribution in [-0.2, 0) is 14.8 Å². The number of hydrogen-bond donors (Lipinski definition) is 2. The summed E-state index contributed by atoms with van der Waals surface area (Å²) in [5.74, 6) is -0.768. The Hall–Kier alpha value is -2.07. The molecule has 1 fully saturated rings. The molecule has 1 aliphatic heterocycles. The van der Waals surface area contributed by atoms with Crippen molar-refractivity contribution < 1.29 is 22.4 Å². The van der Waals surface area contributed by atoms with E-state index in [2.05, 4.69) is 34.9 Å². The molecule has 0 bridgehead atoms. The minimum Gasteiger partial charge on any atom is -0.337 e. The van der Waals surface area contributed by atoms with E-state index >= 15 is 0 Å². The second kappa shape index (κ2) is 10.2. The van der Waals surface area contributed by atoms with Crippen LogP contribution in [0, 0.1) is 11.7 Å². The highest BCUT2D eigenvalue weighted by Gasteiger charge is 2.30. The van der Waals surface area contributed by atoms with E-state index < -0.39 is 21.9 Å². The lowest BCUT2D eigenvalue weighted by molar-refractivity contribution is -0.117. The second-order valence-electron chi connectivity index (χ2n) is 7.11. The molecule has 1 saturated heterocycles. The van der Waals surface area contributed by atoms with E-state index in [9.17, 15) is 22.4 Å². The first-order chi connectivity index (χ1) is 15.1. The summed E-state index contributed by atoms with van der Waals surface area (Å²) in [7, 11) is -3.53. The van der Waals surface area contributed by atoms with Crippen LogP contribution in [0.3, 0.4) is 0 Å². The lowest BCUT2D eigenvalue weighted by Gasteiger charge is -2.31. The summed E-state index contributed by atoms with van der Waals surface area (Å²) in [5.41, 5.74) is 0.779. The molecule has 32 heavy (non-hydrogen) atoms. The number of rotatable bonds is 5. The molecule has 2 amide bonds. The highest BCUT2D eigenvalue weighted by molar-refractivity contribution is 14.1. The molecular formula is C18H19BrFIN6O4S. The quantitative estimate of drug-likeness (QED) is 0.294. The Morgan fingerprint density at radius 2 is 1.94 bits per heavy atom. The molecule has 2 aromatic rings. The molecule has 0 unspecified atom stereocenters. The number of aromatic nitrogens is 2. The third kappa shape index (κ3) is 6.04. The molecule has 1 aromatic heterocycles. The van der Waals surface area contributed by atoms with Gasteiger partial charge in [0.2, 0.25) is 5.78 Å². The van der Waals surface area contributed by atoms with Crippen LogP contribution in [-0.4, -0.2) is 59.5 Å². The normalized spacial score (nSPS) is 15.5. The van der Waals surface area contributed by atoms with Gasteiger partial charge in [-0.25, -0.2) is 17.6 Å². The van der Waals surface area contributed by atoms with Crippen molar-refractivity contribution in [2.45, 2.75) is 12.8 Å². The van der Waals surface area contributed by atoms with Crippen LogP contribution in [0.5, 0.6) is 0 Å². The summed E-state index contributed by atoms with van der Waals surface area (Å²) in [4.78, 5) is 26.9. The van der Waals surface area contributed by atoms with Crippen molar-refractivity contribution in [3.05, 3.63) is 40.9 Å². The van der Waals surface area contributed by atoms with Crippen molar-refractivity contribution >= 4 is 77.8 Å². The third-order valence-electron chi connectivity index (χ3n) is 4.80. The minimum atomic E-state index is -3.53. The molecule has 2 heterocycles. The Kier molecular flexibility index (Phi) is 7.87. The Labute approximate surface area is 206 Å². The van der Waals surface area contributed by atoms with Crippen molar-refractivity contribution in [1.82, 2.24) is 14.1 Å². The number of nitrogens with one attached hydrogen (secondary N) is 2. The van der Waals surface area contributed by atoms with Gasteiger partial charge in [-0.2, -0.15) is 12.4 Å². The molecule has 0 atom stereocenters. The standard InChI is InChI=1S/C18H19BrFIN6O4S/c1-32(30,31)27-10-13(9-22-27)24-18(29)26-6-4-11(5-7-26)16(28)17(25-21)23-12-2-3-15(20)14(19)8-12/h2-3,8-11H,4-7H2,1H3,(H,23,25)(H,24,29). The molecule has 0 saturated carbocycles. The summed E-state index contributed by atoms with van der Waals surface area (Å²) in [6, 6.07) is 3.90. The fourth-order valence-corrected chi connectivity index (χ4v) is 4.39. The third-order valence-corrected chi connectivity index (χ3v) is 6.77. The molecule has 2 N–H and O–H groups in total. The van der Waals surface area contributed by atoms with Crippen LogP contribution in [0.2, 0.25) is 0 Å². The Balaban J connectivity index is 1.55. The van der Waals surface area contributed by atoms with Gasteiger partial charge in [0, 0.05) is 24.7 Å². The number of carbonyl (C=O) groups excluding carboxylic acids is 2. The summed E-state index contributed by atoms with van der Waals surface area (Å²) in [5, 5.41) is 9.23. The van der Waals surface area contributed by atoms with E-state index in [1.165, 1.54) is 30.6 Å². The van der Waals surface area contributed by atoms with Gasteiger partial charge in [0.1, 0.15) is 5.82 Å². The molecule has 0 spiro atoms. The van der Waals surface area contributed by atoms with Gasteiger partial charge in [-0.1, -0.05) is 0 Å². The van der Waals surface area contributed by atoms with Gasteiger partial charge in [-0.05, 0) is 47.0 Å². The summed E-state index contributed by atoms with van der Waals surface area (Å²) >= 11 is 4.84. The van der Waals surface area contributed by atoms with Crippen molar-refractivity contribution in [3.8, 4) is 0 Å². The van der Waals surface area contributed by atoms with Gasteiger partial charge < -0.3 is 15.5 Å². The van der Waals surface area contributed by atoms with Gasteiger partial charge in [-0.3, -0.25) is 4.79 Å². The number of carbonyl (C=O) groups is 2. The van der Waals surface area contributed by atoms with Crippen LogP contribution in [0.1, 0.15) is 12.8 Å². The smallest absolute Gasteiger partial charge is 0.321 e. The number of anilines is 2. The van der Waals surface area contributed by atoms with Gasteiger partial charge in [-0.15, -0.1) is 0 Å². The van der Waals surface area contributed by atoms with E-state index in [0.717, 1.165) is 10.3 Å². The number of piperidine rings is 1. The lowest BCUT2D eigenvalue weighted by Crippen LogP contribution is -2.44. The van der Waals surface area contributed by atoms with Gasteiger partial charge in [0.15, 0.2) is 5.84 Å². The molecule has 0 radical (unpaired) electrons. The Morgan fingerprint density at radius 3 is 2.50 bits per heavy atom. The van der Waals surface area contributed by atoms with Crippen molar-refractivity contribution in [1.29, 1.82) is 0 Å². The van der Waals surface area contributed by atoms with Crippen LogP contribution in [0.4, 0.5) is 20.6 Å². The first kappa shape index (κ1) is 24.6. The van der Waals surface area contributed by atoms with Gasteiger partial charge in [0.25, 0.3) is 10.0 Å². The molecule has 172 valence electrons. The van der Waals surface area contributed by atoms with Gasteiger partial charge in [0.05, 0.1) is 51.7 Å². The summed E-state index contributed by atoms with van der Waals surface area (Å²) in [6.07, 6.45) is 4.35. The van der Waals surface area contributed by atoms with Crippen LogP contribution in [0.15, 0.2) is 38.3 Å². The molecule has 0 aliphatic carbocycles. The minimum absolute atomic E-state index is 0.153. The molecule has 1 aliphatic rings. The topological polar surface area (TPSA) is 126 Å². The summed E-state index contributed by atoms with van der Waals surface area (Å²) in [6.45, 7) is 0.693. The number of hydrogen-bond acceptors (Lipinski definition) is 6. The van der Waals surface area contributed by atoms with Gasteiger partial charge >= 0.3 is 6.03 Å². The fourth-order valence-electron chi connectivity index (χ4n) is 3.13. The SMILES string of the molecule is CS(=O)(=O)n1cc(NC(=O)N2CCC(C(=O)/C(=N/I)Nc3ccc(F)c(Br)c3)CC2)cn1. The highest BCUT2D eigenvalue weighted by Crippen LogP contribution is 2.23. The highest BCUT2D eigenvalue weighted by atomic mass is 127. The number of benzene rings is 1. The molecular weight excluding hydrogens is 622 g/mol. The molecule has 14 heteroatoms. The first-order valence-corrected chi connectivity index (χ1v) is 13.0. The molecule has 3 rings (SSSR count). The number of urea groups is 1. The maximum atomic E-state index is 13.4. The van der Waals surface area contributed by atoms with Crippen molar-refractivity contribution in [2.24, 2.45) is 9.12 Å². The summed E-state index contributed by atoms with van der Waals surface area (Å²) < 4.78 is 41.4. The maximum Gasteiger partial charge on any atom is 0.321 e. The van der Waals surface area contributed by atoms with E-state index in [-0.39, 0.29) is 27.7 Å². The van der Waals surface area contributed by atoms with Crippen molar-refractivity contribution in [2.75, 3.05) is 30.0 Å². The number of amidine groups is 1. The van der Waals surface area contributed by atoms with Crippen LogP contribution in [0.25, 0.3) is 0 Å². The zero-order valence-electron chi connectivity index (χ0n) is 16.8. The number of Topliss-reactive ketones (excluding diaryl/α,β-unsaturated/α-hetero) is 1. The second-order valence-corrected chi connectivity index (χ2v) is 10.3. The molecule has 10 nitrogen and oxygen atoms in total. The first-order valence-electron chi connectivity index (χ1n) is 9.35. The maximum absolute atomic E-state index is 13.4. The number of nitrogens with zero attached hydrogens (tertiary/aromatic N) is 4. The Morgan fingerprint density at radius 1 is 1.25 bits per heavy atom. The van der Waals surface area contributed by atoms with Crippen LogP contribution < -0.4 is 10.6 Å². The van der Waals surface area contributed by atoms with E-state index in [1.54, 1.807) is 27.8 Å². The lowest BCUT2D eigenvalue weighted by atomic mass is 9.92. The number of amides is 2. The Bertz CT molecular complexity index is 1160.